The van der Waals surface area contributed by atoms with Crippen LogP contribution in [0.4, 0.5) is 32.2 Å². The highest BCUT2D eigenvalue weighted by molar-refractivity contribution is 5.85. The third-order valence-electron chi connectivity index (χ3n) is 7.98. The first-order valence-electron chi connectivity index (χ1n) is 12.6. The quantitative estimate of drug-likeness (QED) is 0.319. The van der Waals surface area contributed by atoms with Gasteiger partial charge in [0.05, 0.1) is 11.1 Å². The highest BCUT2D eigenvalue weighted by Crippen LogP contribution is 2.56. The number of alkyl halides is 6. The fourth-order valence-electron chi connectivity index (χ4n) is 5.73. The van der Waals surface area contributed by atoms with Crippen LogP contribution in [0.25, 0.3) is 16.8 Å². The zero-order chi connectivity index (χ0) is 26.9. The standard InChI is InChI=1S/C28H25F6N3O/c1-16-15-35-22(12-21(16)28(32,33)34)37-10-8-26(9-11-37)13-18(14-26)23-24(36-38-25(23)17-6-7-17)19-4-2-3-5-20(19)27(29,30)31/h2-5,12-13,15,17H,6-11,14H2,1H3. The van der Waals surface area contributed by atoms with Crippen molar-refractivity contribution in [2.75, 3.05) is 18.0 Å². The molecule has 200 valence electrons. The number of hydrogen-bond donors (Lipinski definition) is 0. The summed E-state index contributed by atoms with van der Waals surface area (Å²) in [4.78, 5) is 6.10. The summed E-state index contributed by atoms with van der Waals surface area (Å²) >= 11 is 0. The summed E-state index contributed by atoms with van der Waals surface area (Å²) in [5, 5.41) is 4.12. The molecule has 1 saturated heterocycles. The van der Waals surface area contributed by atoms with Crippen molar-refractivity contribution in [1.82, 2.24) is 10.1 Å². The first-order chi connectivity index (χ1) is 18.0. The molecule has 10 heteroatoms. The molecule has 2 aromatic heterocycles. The molecule has 0 bridgehead atoms. The smallest absolute Gasteiger partial charge is 0.360 e. The Morgan fingerprint density at radius 2 is 1.63 bits per heavy atom. The zero-order valence-corrected chi connectivity index (χ0v) is 20.6. The largest absolute Gasteiger partial charge is 0.417 e. The number of pyridine rings is 1. The monoisotopic (exact) mass is 533 g/mol. The summed E-state index contributed by atoms with van der Waals surface area (Å²) in [6.45, 7) is 2.48. The van der Waals surface area contributed by atoms with Crippen molar-refractivity contribution in [2.45, 2.75) is 57.3 Å². The molecule has 3 aliphatic rings. The van der Waals surface area contributed by atoms with Gasteiger partial charge in [0.15, 0.2) is 0 Å². The van der Waals surface area contributed by atoms with E-state index in [9.17, 15) is 26.3 Å². The summed E-state index contributed by atoms with van der Waals surface area (Å²) in [5.74, 6) is 1.13. The molecular weight excluding hydrogens is 508 g/mol. The lowest BCUT2D eigenvalue weighted by Crippen LogP contribution is -2.42. The van der Waals surface area contributed by atoms with Gasteiger partial charge in [-0.25, -0.2) is 4.98 Å². The Hall–Kier alpha value is -3.30. The fraction of sp³-hybridized carbons (Fsp3) is 0.429. The molecule has 1 spiro atoms. The maximum atomic E-state index is 13.8. The number of aryl methyl sites for hydroxylation is 1. The molecule has 0 unspecified atom stereocenters. The Labute approximate surface area is 215 Å². The minimum atomic E-state index is -4.52. The first kappa shape index (κ1) is 25.0. The number of nitrogens with zero attached hydrogens (tertiary/aromatic N) is 3. The third-order valence-corrected chi connectivity index (χ3v) is 7.98. The second kappa shape index (κ2) is 8.61. The van der Waals surface area contributed by atoms with E-state index in [4.69, 9.17) is 4.52 Å². The Morgan fingerprint density at radius 1 is 0.974 bits per heavy atom. The van der Waals surface area contributed by atoms with E-state index in [-0.39, 0.29) is 28.2 Å². The van der Waals surface area contributed by atoms with Gasteiger partial charge in [0.25, 0.3) is 0 Å². The number of anilines is 1. The maximum Gasteiger partial charge on any atom is 0.417 e. The van der Waals surface area contributed by atoms with Crippen LogP contribution in [0, 0.1) is 12.3 Å². The van der Waals surface area contributed by atoms with E-state index in [0.717, 1.165) is 30.5 Å². The van der Waals surface area contributed by atoms with E-state index in [1.54, 1.807) is 6.07 Å². The van der Waals surface area contributed by atoms with Crippen molar-refractivity contribution in [3.63, 3.8) is 0 Å². The van der Waals surface area contributed by atoms with Gasteiger partial charge in [0.2, 0.25) is 0 Å². The van der Waals surface area contributed by atoms with E-state index >= 15 is 0 Å². The van der Waals surface area contributed by atoms with Crippen molar-refractivity contribution in [3.8, 4) is 11.3 Å². The van der Waals surface area contributed by atoms with Crippen molar-refractivity contribution in [3.05, 3.63) is 70.6 Å². The van der Waals surface area contributed by atoms with Crippen LogP contribution in [0.5, 0.6) is 0 Å². The molecule has 1 aliphatic heterocycles. The minimum Gasteiger partial charge on any atom is -0.360 e. The number of hydrogen-bond acceptors (Lipinski definition) is 4. The molecule has 3 aromatic rings. The van der Waals surface area contributed by atoms with Crippen molar-refractivity contribution in [1.29, 1.82) is 0 Å². The summed E-state index contributed by atoms with van der Waals surface area (Å²) in [6, 6.07) is 6.52. The minimum absolute atomic E-state index is 0.00762. The summed E-state index contributed by atoms with van der Waals surface area (Å²) in [5.41, 5.74) is 0.347. The van der Waals surface area contributed by atoms with Crippen LogP contribution in [-0.2, 0) is 12.4 Å². The summed E-state index contributed by atoms with van der Waals surface area (Å²) in [6.07, 6.45) is -1.66. The lowest BCUT2D eigenvalue weighted by molar-refractivity contribution is -0.138. The van der Waals surface area contributed by atoms with Gasteiger partial charge in [-0.1, -0.05) is 29.4 Å². The van der Waals surface area contributed by atoms with Crippen LogP contribution in [0.2, 0.25) is 0 Å². The molecule has 2 aliphatic carbocycles. The Morgan fingerprint density at radius 3 is 2.26 bits per heavy atom. The van der Waals surface area contributed by atoms with E-state index in [1.807, 2.05) is 4.90 Å². The second-order valence-corrected chi connectivity index (χ2v) is 10.6. The lowest BCUT2D eigenvalue weighted by Gasteiger charge is -2.46. The molecule has 6 rings (SSSR count). The molecule has 2 fully saturated rings. The number of halogens is 6. The normalized spacial score (nSPS) is 19.4. The van der Waals surface area contributed by atoms with Gasteiger partial charge in [0.1, 0.15) is 17.3 Å². The lowest BCUT2D eigenvalue weighted by atomic mass is 9.63. The molecule has 0 amide bonds. The molecule has 3 heterocycles. The van der Waals surface area contributed by atoms with Crippen molar-refractivity contribution >= 4 is 11.4 Å². The molecular formula is C28H25F6N3O. The van der Waals surface area contributed by atoms with Crippen LogP contribution in [0.15, 0.2) is 47.1 Å². The van der Waals surface area contributed by atoms with E-state index < -0.39 is 23.5 Å². The number of aromatic nitrogens is 2. The average Bonchev–Trinajstić information content (AvgIpc) is 3.60. The molecule has 38 heavy (non-hydrogen) atoms. The number of piperidine rings is 1. The molecule has 0 N–H and O–H groups in total. The number of benzene rings is 1. The van der Waals surface area contributed by atoms with Gasteiger partial charge in [-0.05, 0) is 67.7 Å². The van der Waals surface area contributed by atoms with E-state index in [2.05, 4.69) is 16.2 Å². The van der Waals surface area contributed by atoms with Crippen molar-refractivity contribution < 1.29 is 30.9 Å². The molecule has 0 atom stereocenters. The fourth-order valence-corrected chi connectivity index (χ4v) is 5.73. The van der Waals surface area contributed by atoms with Gasteiger partial charge in [-0.15, -0.1) is 0 Å². The van der Waals surface area contributed by atoms with Gasteiger partial charge in [-0.2, -0.15) is 26.3 Å². The molecule has 1 saturated carbocycles. The predicted molar refractivity (Wildman–Crippen MR) is 129 cm³/mol. The second-order valence-electron chi connectivity index (χ2n) is 10.6. The van der Waals surface area contributed by atoms with Gasteiger partial charge in [0, 0.05) is 36.3 Å². The predicted octanol–water partition coefficient (Wildman–Crippen LogP) is 8.03. The van der Waals surface area contributed by atoms with Crippen LogP contribution in [0.3, 0.4) is 0 Å². The average molecular weight is 534 g/mol. The Bertz CT molecular complexity index is 1410. The van der Waals surface area contributed by atoms with Gasteiger partial charge >= 0.3 is 12.4 Å². The third kappa shape index (κ3) is 4.37. The van der Waals surface area contributed by atoms with E-state index in [1.165, 1.54) is 25.3 Å². The van der Waals surface area contributed by atoms with Crippen molar-refractivity contribution in [2.24, 2.45) is 5.41 Å². The number of allylic oxidation sites excluding steroid dienone is 2. The molecule has 4 nitrogen and oxygen atoms in total. The highest BCUT2D eigenvalue weighted by Gasteiger charge is 2.45. The number of rotatable bonds is 4. The van der Waals surface area contributed by atoms with Crippen LogP contribution in [-0.4, -0.2) is 23.2 Å². The molecule has 0 radical (unpaired) electrons. The Balaban J connectivity index is 1.26. The van der Waals surface area contributed by atoms with Crippen LogP contribution in [0.1, 0.15) is 66.0 Å². The first-order valence-corrected chi connectivity index (χ1v) is 12.6. The van der Waals surface area contributed by atoms with Crippen LogP contribution < -0.4 is 4.90 Å². The maximum absolute atomic E-state index is 13.8. The topological polar surface area (TPSA) is 42.2 Å². The zero-order valence-electron chi connectivity index (χ0n) is 20.6. The van der Waals surface area contributed by atoms with E-state index in [0.29, 0.717) is 49.5 Å². The summed E-state index contributed by atoms with van der Waals surface area (Å²) in [7, 11) is 0. The molecule has 1 aromatic carbocycles. The SMILES string of the molecule is Cc1cnc(N2CCC3(C=C(c4c(-c5ccccc5C(F)(F)F)noc4C4CC4)C3)CC2)cc1C(F)(F)F. The highest BCUT2D eigenvalue weighted by atomic mass is 19.4. The van der Waals surface area contributed by atoms with Gasteiger partial charge < -0.3 is 9.42 Å². The Kier molecular flexibility index (Phi) is 5.66. The van der Waals surface area contributed by atoms with Gasteiger partial charge in [-0.3, -0.25) is 0 Å². The summed E-state index contributed by atoms with van der Waals surface area (Å²) < 4.78 is 87.1. The van der Waals surface area contributed by atoms with Crippen LogP contribution >= 0.6 is 0 Å².